The summed E-state index contributed by atoms with van der Waals surface area (Å²) in [6.45, 7) is 2.52. The first-order valence-electron chi connectivity index (χ1n) is 6.56. The second-order valence-electron chi connectivity index (χ2n) is 4.90. The lowest BCUT2D eigenvalue weighted by atomic mass is 10.0. The third-order valence-corrected chi connectivity index (χ3v) is 3.41. The highest BCUT2D eigenvalue weighted by Gasteiger charge is 2.22. The van der Waals surface area contributed by atoms with E-state index in [4.69, 9.17) is 0 Å². The third-order valence-electron chi connectivity index (χ3n) is 3.41. The molecule has 1 aromatic rings. The van der Waals surface area contributed by atoms with Crippen molar-refractivity contribution in [2.45, 2.75) is 38.3 Å². The van der Waals surface area contributed by atoms with Crippen molar-refractivity contribution < 1.29 is 13.6 Å². The predicted octanol–water partition coefficient (Wildman–Crippen LogP) is 2.71. The van der Waals surface area contributed by atoms with Gasteiger partial charge in [0.2, 0.25) is 5.91 Å². The molecule has 1 aliphatic heterocycles. The van der Waals surface area contributed by atoms with Crippen LogP contribution < -0.4 is 10.6 Å². The van der Waals surface area contributed by atoms with E-state index in [-0.39, 0.29) is 24.4 Å². The van der Waals surface area contributed by atoms with Crippen LogP contribution >= 0.6 is 12.4 Å². The fourth-order valence-corrected chi connectivity index (χ4v) is 2.32. The van der Waals surface area contributed by atoms with Crippen molar-refractivity contribution >= 4 is 18.3 Å². The van der Waals surface area contributed by atoms with Crippen LogP contribution in [-0.4, -0.2) is 18.5 Å². The molecule has 0 aromatic heterocycles. The van der Waals surface area contributed by atoms with Crippen LogP contribution in [0.3, 0.4) is 0 Å². The first-order chi connectivity index (χ1) is 9.08. The fourth-order valence-electron chi connectivity index (χ4n) is 2.32. The molecule has 20 heavy (non-hydrogen) atoms. The summed E-state index contributed by atoms with van der Waals surface area (Å²) < 4.78 is 26.4. The van der Waals surface area contributed by atoms with Gasteiger partial charge in [-0.3, -0.25) is 4.79 Å². The number of hydrogen-bond donors (Lipinski definition) is 2. The molecule has 112 valence electrons. The van der Waals surface area contributed by atoms with Gasteiger partial charge in [-0.1, -0.05) is 12.5 Å². The molecule has 1 aliphatic rings. The Morgan fingerprint density at radius 2 is 2.15 bits per heavy atom. The van der Waals surface area contributed by atoms with Gasteiger partial charge in [-0.25, -0.2) is 8.78 Å². The lowest BCUT2D eigenvalue weighted by molar-refractivity contribution is -0.124. The van der Waals surface area contributed by atoms with Gasteiger partial charge in [0.25, 0.3) is 0 Å². The Balaban J connectivity index is 0.00000200. The first kappa shape index (κ1) is 16.9. The largest absolute Gasteiger partial charge is 0.348 e. The van der Waals surface area contributed by atoms with Crippen LogP contribution in [0.5, 0.6) is 0 Å². The monoisotopic (exact) mass is 304 g/mol. The molecule has 0 spiro atoms. The molecule has 2 rings (SSSR count). The molecule has 1 unspecified atom stereocenters. The van der Waals surface area contributed by atoms with Gasteiger partial charge < -0.3 is 10.6 Å². The molecule has 6 heteroatoms. The molecule has 3 nitrogen and oxygen atoms in total. The van der Waals surface area contributed by atoms with Crippen LogP contribution in [0.1, 0.15) is 37.8 Å². The number of halogens is 3. The number of carbonyl (C=O) groups is 1. The normalized spacial score (nSPS) is 19.9. The van der Waals surface area contributed by atoms with E-state index in [1.54, 1.807) is 6.92 Å². The molecule has 1 aromatic carbocycles. The van der Waals surface area contributed by atoms with Crippen molar-refractivity contribution in [2.75, 3.05) is 6.54 Å². The minimum Gasteiger partial charge on any atom is -0.348 e. The average Bonchev–Trinajstić information content (AvgIpc) is 2.39. The maximum atomic E-state index is 13.6. The van der Waals surface area contributed by atoms with Gasteiger partial charge in [-0.2, -0.15) is 0 Å². The van der Waals surface area contributed by atoms with Crippen molar-refractivity contribution in [2.24, 2.45) is 0 Å². The van der Waals surface area contributed by atoms with Crippen LogP contribution in [0.2, 0.25) is 0 Å². The van der Waals surface area contributed by atoms with Crippen molar-refractivity contribution in [3.63, 3.8) is 0 Å². The van der Waals surface area contributed by atoms with E-state index in [2.05, 4.69) is 10.6 Å². The fraction of sp³-hybridized carbons (Fsp3) is 0.500. The van der Waals surface area contributed by atoms with E-state index in [0.717, 1.165) is 31.9 Å². The number of piperidine rings is 1. The summed E-state index contributed by atoms with van der Waals surface area (Å²) in [6, 6.07) is 2.71. The molecule has 0 saturated carbocycles. The number of benzene rings is 1. The van der Waals surface area contributed by atoms with Crippen LogP contribution in [-0.2, 0) is 4.79 Å². The van der Waals surface area contributed by atoms with E-state index in [0.29, 0.717) is 5.56 Å². The van der Waals surface area contributed by atoms with Gasteiger partial charge >= 0.3 is 0 Å². The quantitative estimate of drug-likeness (QED) is 0.901. The minimum absolute atomic E-state index is 0. The number of amides is 1. The molecular formula is C14H19ClF2N2O. The number of nitrogens with one attached hydrogen (secondary N) is 2. The van der Waals surface area contributed by atoms with Gasteiger partial charge in [-0.15, -0.1) is 12.4 Å². The zero-order chi connectivity index (χ0) is 13.8. The van der Waals surface area contributed by atoms with Gasteiger partial charge in [0.05, 0.1) is 12.1 Å². The second-order valence-corrected chi connectivity index (χ2v) is 4.90. The molecule has 0 bridgehead atoms. The van der Waals surface area contributed by atoms with E-state index in [9.17, 15) is 13.6 Å². The summed E-state index contributed by atoms with van der Waals surface area (Å²) in [5, 5.41) is 5.90. The Bertz CT molecular complexity index is 464. The molecule has 2 atom stereocenters. The molecule has 0 radical (unpaired) electrons. The average molecular weight is 305 g/mol. The highest BCUT2D eigenvalue weighted by Crippen LogP contribution is 2.18. The number of hydrogen-bond acceptors (Lipinski definition) is 2. The molecule has 0 aliphatic carbocycles. The van der Waals surface area contributed by atoms with Crippen molar-refractivity contribution in [3.05, 3.63) is 35.4 Å². The lowest BCUT2D eigenvalue weighted by Gasteiger charge is -2.24. The summed E-state index contributed by atoms with van der Waals surface area (Å²) >= 11 is 0. The van der Waals surface area contributed by atoms with Gasteiger partial charge in [0.1, 0.15) is 11.6 Å². The molecule has 1 amide bonds. The first-order valence-corrected chi connectivity index (χ1v) is 6.56. The third kappa shape index (κ3) is 4.15. The van der Waals surface area contributed by atoms with Crippen molar-refractivity contribution in [1.82, 2.24) is 10.6 Å². The van der Waals surface area contributed by atoms with Crippen LogP contribution in [0.15, 0.2) is 18.2 Å². The number of carbonyl (C=O) groups excluding carboxylic acids is 1. The minimum atomic E-state index is -0.635. The molecule has 2 N–H and O–H groups in total. The van der Waals surface area contributed by atoms with E-state index < -0.39 is 17.7 Å². The Morgan fingerprint density at radius 1 is 1.40 bits per heavy atom. The van der Waals surface area contributed by atoms with Gasteiger partial charge in [-0.05, 0) is 32.4 Å². The second kappa shape index (κ2) is 7.55. The maximum Gasteiger partial charge on any atom is 0.237 e. The van der Waals surface area contributed by atoms with E-state index >= 15 is 0 Å². The lowest BCUT2D eigenvalue weighted by Crippen LogP contribution is -2.47. The van der Waals surface area contributed by atoms with Crippen molar-refractivity contribution in [1.29, 1.82) is 0 Å². The molecule has 1 fully saturated rings. The smallest absolute Gasteiger partial charge is 0.237 e. The summed E-state index contributed by atoms with van der Waals surface area (Å²) in [5.41, 5.74) is 0.297. The zero-order valence-corrected chi connectivity index (χ0v) is 12.1. The zero-order valence-electron chi connectivity index (χ0n) is 11.3. The SMILES string of the molecule is CC(NC(=O)[C@H]1CCCCN1)c1ccc(F)cc1F.Cl. The van der Waals surface area contributed by atoms with E-state index in [1.165, 1.54) is 12.1 Å². The van der Waals surface area contributed by atoms with E-state index in [1.807, 2.05) is 0 Å². The standard InChI is InChI=1S/C14H18F2N2O.ClH/c1-9(11-6-5-10(15)8-12(11)16)18-14(19)13-4-2-3-7-17-13;/h5-6,8-9,13,17H,2-4,7H2,1H3,(H,18,19);1H/t9?,13-;/m1./s1. The summed E-state index contributed by atoms with van der Waals surface area (Å²) in [4.78, 5) is 12.0. The Hall–Kier alpha value is -1.20. The summed E-state index contributed by atoms with van der Waals surface area (Å²) in [7, 11) is 0. The van der Waals surface area contributed by atoms with Crippen LogP contribution in [0, 0.1) is 11.6 Å². The van der Waals surface area contributed by atoms with Crippen LogP contribution in [0.25, 0.3) is 0 Å². The van der Waals surface area contributed by atoms with Crippen molar-refractivity contribution in [3.8, 4) is 0 Å². The Labute approximate surface area is 123 Å². The summed E-state index contributed by atoms with van der Waals surface area (Å²) in [6.07, 6.45) is 2.89. The highest BCUT2D eigenvalue weighted by atomic mass is 35.5. The number of rotatable bonds is 3. The molecular weight excluding hydrogens is 286 g/mol. The van der Waals surface area contributed by atoms with Crippen LogP contribution in [0.4, 0.5) is 8.78 Å². The Kier molecular flexibility index (Phi) is 6.36. The maximum absolute atomic E-state index is 13.6. The van der Waals surface area contributed by atoms with Gasteiger partial charge in [0.15, 0.2) is 0 Å². The topological polar surface area (TPSA) is 41.1 Å². The molecule has 1 saturated heterocycles. The molecule has 1 heterocycles. The Morgan fingerprint density at radius 3 is 2.75 bits per heavy atom. The predicted molar refractivity (Wildman–Crippen MR) is 75.8 cm³/mol. The highest BCUT2D eigenvalue weighted by molar-refractivity contribution is 5.85. The van der Waals surface area contributed by atoms with Gasteiger partial charge in [0, 0.05) is 11.6 Å². The summed E-state index contributed by atoms with van der Waals surface area (Å²) in [5.74, 6) is -1.38.